The molecule has 0 aliphatic heterocycles. The first kappa shape index (κ1) is 16.8. The number of hydrogen-bond donors (Lipinski definition) is 1. The maximum Gasteiger partial charge on any atom is 0.263 e. The molecule has 0 aliphatic rings. The van der Waals surface area contributed by atoms with Crippen LogP contribution in [0, 0.1) is 0 Å². The number of nitrogens with one attached hydrogen (secondary N) is 1. The molecule has 0 aromatic heterocycles. The number of benzene rings is 2. The SMILES string of the molecule is COc1ccc(Br)c(NS(=O)(=O)c2cc(Br)ccc2Br)c1. The van der Waals surface area contributed by atoms with E-state index in [2.05, 4.69) is 52.5 Å². The average Bonchev–Trinajstić information content (AvgIpc) is 2.43. The highest BCUT2D eigenvalue weighted by Crippen LogP contribution is 2.31. The molecule has 21 heavy (non-hydrogen) atoms. The highest BCUT2D eigenvalue weighted by atomic mass is 79.9. The van der Waals surface area contributed by atoms with Gasteiger partial charge in [-0.2, -0.15) is 0 Å². The first-order valence-corrected chi connectivity index (χ1v) is 9.51. The van der Waals surface area contributed by atoms with Crippen molar-refractivity contribution in [2.24, 2.45) is 0 Å². The van der Waals surface area contributed by atoms with E-state index >= 15 is 0 Å². The smallest absolute Gasteiger partial charge is 0.263 e. The summed E-state index contributed by atoms with van der Waals surface area (Å²) in [6, 6.07) is 10.0. The summed E-state index contributed by atoms with van der Waals surface area (Å²) in [6.07, 6.45) is 0. The topological polar surface area (TPSA) is 55.4 Å². The number of hydrogen-bond acceptors (Lipinski definition) is 3. The minimum absolute atomic E-state index is 0.145. The highest BCUT2D eigenvalue weighted by Gasteiger charge is 2.19. The molecule has 8 heteroatoms. The molecule has 0 atom stereocenters. The van der Waals surface area contributed by atoms with Crippen molar-refractivity contribution in [3.63, 3.8) is 0 Å². The van der Waals surface area contributed by atoms with Gasteiger partial charge in [0.05, 0.1) is 12.8 Å². The van der Waals surface area contributed by atoms with Crippen LogP contribution >= 0.6 is 47.8 Å². The average molecular weight is 500 g/mol. The Morgan fingerprint density at radius 2 is 1.67 bits per heavy atom. The number of methoxy groups -OCH3 is 1. The molecule has 0 aliphatic carbocycles. The van der Waals surface area contributed by atoms with Gasteiger partial charge in [-0.3, -0.25) is 4.72 Å². The second-order valence-electron chi connectivity index (χ2n) is 4.03. The van der Waals surface area contributed by atoms with Crippen molar-refractivity contribution in [1.82, 2.24) is 0 Å². The van der Waals surface area contributed by atoms with Crippen molar-refractivity contribution in [2.75, 3.05) is 11.8 Å². The van der Waals surface area contributed by atoms with Crippen molar-refractivity contribution in [3.8, 4) is 5.75 Å². The molecular formula is C13H10Br3NO3S. The third-order valence-corrected chi connectivity index (χ3v) is 6.14. The van der Waals surface area contributed by atoms with Crippen LogP contribution in [0.25, 0.3) is 0 Å². The molecule has 0 saturated heterocycles. The third-order valence-electron chi connectivity index (χ3n) is 2.60. The predicted octanol–water partition coefficient (Wildman–Crippen LogP) is 4.78. The second kappa shape index (κ2) is 6.68. The standard InChI is InChI=1S/C13H10Br3NO3S/c1-20-9-3-5-10(15)12(7-9)17-21(18,19)13-6-8(14)2-4-11(13)16/h2-7,17H,1H3. The molecule has 2 aromatic carbocycles. The summed E-state index contributed by atoms with van der Waals surface area (Å²) in [5.41, 5.74) is 0.404. The normalized spacial score (nSPS) is 11.2. The quantitative estimate of drug-likeness (QED) is 0.658. The second-order valence-corrected chi connectivity index (χ2v) is 8.30. The van der Waals surface area contributed by atoms with E-state index in [9.17, 15) is 8.42 Å². The fourth-order valence-corrected chi connectivity index (χ4v) is 4.64. The number of halogens is 3. The van der Waals surface area contributed by atoms with Gasteiger partial charge < -0.3 is 4.74 Å². The van der Waals surface area contributed by atoms with Crippen molar-refractivity contribution >= 4 is 63.5 Å². The summed E-state index contributed by atoms with van der Waals surface area (Å²) in [5, 5.41) is 0. The molecule has 2 rings (SSSR count). The van der Waals surface area contributed by atoms with Crippen LogP contribution in [0.5, 0.6) is 5.75 Å². The zero-order valence-electron chi connectivity index (χ0n) is 10.7. The van der Waals surface area contributed by atoms with E-state index in [-0.39, 0.29) is 4.90 Å². The van der Waals surface area contributed by atoms with E-state index in [1.54, 1.807) is 30.3 Å². The molecule has 2 aromatic rings. The van der Waals surface area contributed by atoms with Crippen molar-refractivity contribution in [1.29, 1.82) is 0 Å². The number of sulfonamides is 1. The molecule has 0 saturated carbocycles. The van der Waals surface area contributed by atoms with E-state index in [4.69, 9.17) is 4.74 Å². The molecule has 0 radical (unpaired) electrons. The predicted molar refractivity (Wildman–Crippen MR) is 93.3 cm³/mol. The van der Waals surface area contributed by atoms with Crippen LogP contribution in [-0.2, 0) is 10.0 Å². The van der Waals surface area contributed by atoms with Crippen LogP contribution in [0.15, 0.2) is 54.7 Å². The lowest BCUT2D eigenvalue weighted by Gasteiger charge is -2.12. The molecule has 1 N–H and O–H groups in total. The summed E-state index contributed by atoms with van der Waals surface area (Å²) in [4.78, 5) is 0.145. The Balaban J connectivity index is 2.44. The molecule has 4 nitrogen and oxygen atoms in total. The van der Waals surface area contributed by atoms with Crippen LogP contribution in [-0.4, -0.2) is 15.5 Å². The Labute approximate surface area is 148 Å². The molecule has 0 unspecified atom stereocenters. The summed E-state index contributed by atoms with van der Waals surface area (Å²) < 4.78 is 34.4. The fourth-order valence-electron chi connectivity index (χ4n) is 1.59. The lowest BCUT2D eigenvalue weighted by Crippen LogP contribution is -2.14. The van der Waals surface area contributed by atoms with E-state index in [1.165, 1.54) is 13.2 Å². The number of ether oxygens (including phenoxy) is 1. The molecule has 0 bridgehead atoms. The largest absolute Gasteiger partial charge is 0.497 e. The lowest BCUT2D eigenvalue weighted by molar-refractivity contribution is 0.415. The fraction of sp³-hybridized carbons (Fsp3) is 0.0769. The Hall–Kier alpha value is -0.570. The van der Waals surface area contributed by atoms with Crippen LogP contribution in [0.1, 0.15) is 0 Å². The number of anilines is 1. The van der Waals surface area contributed by atoms with E-state index in [0.717, 1.165) is 0 Å². The van der Waals surface area contributed by atoms with Gasteiger partial charge >= 0.3 is 0 Å². The van der Waals surface area contributed by atoms with E-state index in [0.29, 0.717) is 24.9 Å². The highest BCUT2D eigenvalue weighted by molar-refractivity contribution is 9.11. The molecule has 0 spiro atoms. The summed E-state index contributed by atoms with van der Waals surface area (Å²) in [6.45, 7) is 0. The van der Waals surface area contributed by atoms with Crippen molar-refractivity contribution in [2.45, 2.75) is 4.90 Å². The molecule has 0 fully saturated rings. The molecule has 0 amide bonds. The zero-order chi connectivity index (χ0) is 15.6. The van der Waals surface area contributed by atoms with Crippen LogP contribution in [0.4, 0.5) is 5.69 Å². The Morgan fingerprint density at radius 3 is 2.33 bits per heavy atom. The van der Waals surface area contributed by atoms with Gasteiger partial charge in [0.15, 0.2) is 0 Å². The minimum Gasteiger partial charge on any atom is -0.497 e. The van der Waals surface area contributed by atoms with Gasteiger partial charge in [-0.05, 0) is 62.2 Å². The maximum absolute atomic E-state index is 12.5. The zero-order valence-corrected chi connectivity index (χ0v) is 16.3. The maximum atomic E-state index is 12.5. The molecule has 0 heterocycles. The van der Waals surface area contributed by atoms with E-state index in [1.807, 2.05) is 0 Å². The van der Waals surface area contributed by atoms with Crippen LogP contribution < -0.4 is 9.46 Å². The summed E-state index contributed by atoms with van der Waals surface area (Å²) >= 11 is 9.83. The van der Waals surface area contributed by atoms with Crippen molar-refractivity contribution in [3.05, 3.63) is 49.8 Å². The van der Waals surface area contributed by atoms with Gasteiger partial charge in [0.1, 0.15) is 10.6 Å². The monoisotopic (exact) mass is 497 g/mol. The van der Waals surface area contributed by atoms with Gasteiger partial charge in [-0.25, -0.2) is 8.42 Å². The van der Waals surface area contributed by atoms with Gasteiger partial charge in [0.2, 0.25) is 0 Å². The Morgan fingerprint density at radius 1 is 1.00 bits per heavy atom. The lowest BCUT2D eigenvalue weighted by atomic mass is 10.3. The van der Waals surface area contributed by atoms with Crippen LogP contribution in [0.3, 0.4) is 0 Å². The number of rotatable bonds is 4. The van der Waals surface area contributed by atoms with E-state index < -0.39 is 10.0 Å². The first-order chi connectivity index (χ1) is 9.83. The van der Waals surface area contributed by atoms with Gasteiger partial charge in [-0.1, -0.05) is 15.9 Å². The minimum atomic E-state index is -3.73. The first-order valence-electron chi connectivity index (χ1n) is 5.65. The van der Waals surface area contributed by atoms with Gasteiger partial charge in [0, 0.05) is 19.5 Å². The Bertz CT molecular complexity index is 778. The van der Waals surface area contributed by atoms with Crippen LogP contribution in [0.2, 0.25) is 0 Å². The third kappa shape index (κ3) is 4.00. The molecule has 112 valence electrons. The summed E-state index contributed by atoms with van der Waals surface area (Å²) in [5.74, 6) is 0.559. The van der Waals surface area contributed by atoms with Crippen molar-refractivity contribution < 1.29 is 13.2 Å². The summed E-state index contributed by atoms with van der Waals surface area (Å²) in [7, 11) is -2.21. The molecular weight excluding hydrogens is 490 g/mol. The Kier molecular flexibility index (Phi) is 5.34. The van der Waals surface area contributed by atoms with Gasteiger partial charge in [0.25, 0.3) is 10.0 Å². The van der Waals surface area contributed by atoms with Gasteiger partial charge in [-0.15, -0.1) is 0 Å².